The lowest BCUT2D eigenvalue weighted by molar-refractivity contribution is 0.491. The van der Waals surface area contributed by atoms with E-state index in [2.05, 4.69) is 20.9 Å². The highest BCUT2D eigenvalue weighted by molar-refractivity contribution is 5.61. The van der Waals surface area contributed by atoms with E-state index in [4.69, 9.17) is 5.73 Å². The third kappa shape index (κ3) is 3.42. The molecule has 1 aliphatic heterocycles. The number of H-pyrrole nitrogens is 1. The largest absolute Gasteiger partial charge is 0.367 e. The van der Waals surface area contributed by atoms with E-state index < -0.39 is 0 Å². The lowest BCUT2D eigenvalue weighted by atomic mass is 10.1. The number of rotatable bonds is 4. The third-order valence-electron chi connectivity index (χ3n) is 5.14. The molecule has 3 aromatic rings. The fraction of sp³-hybridized carbons (Fsp3) is 0.286. The molecule has 0 aliphatic carbocycles. The Morgan fingerprint density at radius 3 is 2.93 bits per heavy atom. The first-order valence-electron chi connectivity index (χ1n) is 9.39. The normalized spacial score (nSPS) is 16.7. The number of anilines is 1. The van der Waals surface area contributed by atoms with E-state index in [9.17, 15) is 10.1 Å². The van der Waals surface area contributed by atoms with Crippen LogP contribution in [0, 0.1) is 11.3 Å². The first-order chi connectivity index (χ1) is 13.7. The summed E-state index contributed by atoms with van der Waals surface area (Å²) < 4.78 is 1.66. The average Bonchev–Trinajstić information content (AvgIpc) is 3.24. The van der Waals surface area contributed by atoms with E-state index in [0.29, 0.717) is 23.6 Å². The molecule has 3 N–H and O–H groups in total. The highest BCUT2D eigenvalue weighted by Gasteiger charge is 2.23. The summed E-state index contributed by atoms with van der Waals surface area (Å²) in [5.74, 6) is 0.604. The summed E-state index contributed by atoms with van der Waals surface area (Å²) in [7, 11) is 0. The summed E-state index contributed by atoms with van der Waals surface area (Å²) in [5, 5.41) is 9.44. The third-order valence-corrected chi connectivity index (χ3v) is 5.14. The van der Waals surface area contributed by atoms with E-state index in [1.165, 1.54) is 0 Å². The number of aromatic amines is 1. The van der Waals surface area contributed by atoms with Crippen molar-refractivity contribution in [3.63, 3.8) is 0 Å². The molecule has 4 rings (SSSR count). The van der Waals surface area contributed by atoms with Crippen molar-refractivity contribution in [1.82, 2.24) is 14.5 Å². The van der Waals surface area contributed by atoms with Gasteiger partial charge in [-0.2, -0.15) is 5.26 Å². The van der Waals surface area contributed by atoms with Crippen molar-refractivity contribution >= 4 is 5.95 Å². The Kier molecular flexibility index (Phi) is 4.96. The first-order valence-corrected chi connectivity index (χ1v) is 9.39. The summed E-state index contributed by atoms with van der Waals surface area (Å²) >= 11 is 0. The number of piperidine rings is 1. The molecule has 1 fully saturated rings. The number of nitrogens with two attached hydrogens (primary N) is 1. The summed E-state index contributed by atoms with van der Waals surface area (Å²) in [6.07, 6.45) is 7.13. The molecule has 1 atom stereocenters. The van der Waals surface area contributed by atoms with E-state index >= 15 is 0 Å². The molecule has 7 nitrogen and oxygen atoms in total. The summed E-state index contributed by atoms with van der Waals surface area (Å²) in [6.45, 7) is 1.76. The lowest BCUT2D eigenvalue weighted by Gasteiger charge is -2.33. The predicted octanol–water partition coefficient (Wildman–Crippen LogP) is 2.09. The molecule has 0 saturated carbocycles. The molecule has 1 aliphatic rings. The van der Waals surface area contributed by atoms with Gasteiger partial charge in [0, 0.05) is 43.3 Å². The van der Waals surface area contributed by atoms with Gasteiger partial charge in [0.15, 0.2) is 0 Å². The van der Waals surface area contributed by atoms with Gasteiger partial charge in [-0.05, 0) is 30.5 Å². The van der Waals surface area contributed by atoms with Gasteiger partial charge in [0.05, 0.1) is 23.7 Å². The van der Waals surface area contributed by atoms with Crippen LogP contribution < -0.4 is 16.2 Å². The van der Waals surface area contributed by atoms with Crippen molar-refractivity contribution in [3.05, 3.63) is 70.4 Å². The number of benzene rings is 1. The van der Waals surface area contributed by atoms with Crippen LogP contribution in [0.25, 0.3) is 11.1 Å². The average molecular weight is 374 g/mol. The van der Waals surface area contributed by atoms with Crippen molar-refractivity contribution in [1.29, 1.82) is 5.26 Å². The molecular weight excluding hydrogens is 352 g/mol. The molecule has 7 heteroatoms. The molecule has 0 radical (unpaired) electrons. The molecule has 142 valence electrons. The topological polar surface area (TPSA) is 104 Å². The van der Waals surface area contributed by atoms with Gasteiger partial charge in [-0.15, -0.1) is 0 Å². The predicted molar refractivity (Wildman–Crippen MR) is 108 cm³/mol. The summed E-state index contributed by atoms with van der Waals surface area (Å²) in [6, 6.07) is 11.5. The van der Waals surface area contributed by atoms with E-state index in [1.54, 1.807) is 29.2 Å². The Bertz CT molecular complexity index is 1060. The number of nitriles is 1. The van der Waals surface area contributed by atoms with Gasteiger partial charge in [-0.1, -0.05) is 18.2 Å². The number of hydrogen-bond donors (Lipinski definition) is 2. The molecule has 1 unspecified atom stereocenters. The monoisotopic (exact) mass is 374 g/mol. The van der Waals surface area contributed by atoms with Crippen molar-refractivity contribution in [2.24, 2.45) is 5.73 Å². The molecule has 1 saturated heterocycles. The van der Waals surface area contributed by atoms with Crippen LogP contribution in [0.5, 0.6) is 0 Å². The zero-order valence-electron chi connectivity index (χ0n) is 15.5. The van der Waals surface area contributed by atoms with Crippen LogP contribution in [0.3, 0.4) is 0 Å². The van der Waals surface area contributed by atoms with Gasteiger partial charge >= 0.3 is 0 Å². The lowest BCUT2D eigenvalue weighted by Crippen LogP contribution is -2.45. The van der Waals surface area contributed by atoms with Gasteiger partial charge in [-0.3, -0.25) is 9.36 Å². The second-order valence-electron chi connectivity index (χ2n) is 7.08. The van der Waals surface area contributed by atoms with Crippen LogP contribution in [-0.2, 0) is 6.54 Å². The van der Waals surface area contributed by atoms with Crippen LogP contribution in [0.15, 0.2) is 53.7 Å². The minimum atomic E-state index is -0.128. The van der Waals surface area contributed by atoms with Crippen molar-refractivity contribution in [2.75, 3.05) is 18.0 Å². The Morgan fingerprint density at radius 1 is 1.32 bits per heavy atom. The minimum absolute atomic E-state index is 0.0647. The van der Waals surface area contributed by atoms with Gasteiger partial charge in [0.2, 0.25) is 5.95 Å². The van der Waals surface area contributed by atoms with Gasteiger partial charge < -0.3 is 15.6 Å². The standard InChI is InChI=1S/C21H22N6O/c22-10-15-4-1-2-5-17(15)13-27-20(28)19(16-7-8-24-11-16)12-25-21(27)26-9-3-6-18(23)14-26/h1-2,4-5,7-8,11-12,18,24H,3,6,9,13-14,23H2. The maximum Gasteiger partial charge on any atom is 0.263 e. The van der Waals surface area contributed by atoms with Gasteiger partial charge in [-0.25, -0.2) is 4.98 Å². The Hall–Kier alpha value is -3.37. The van der Waals surface area contributed by atoms with Gasteiger partial charge in [0.25, 0.3) is 5.56 Å². The zero-order chi connectivity index (χ0) is 19.5. The Labute approximate surface area is 163 Å². The minimum Gasteiger partial charge on any atom is -0.367 e. The molecule has 0 spiro atoms. The summed E-state index contributed by atoms with van der Waals surface area (Å²) in [5.41, 5.74) is 8.70. The Balaban J connectivity index is 1.83. The van der Waals surface area contributed by atoms with Crippen LogP contribution in [0.2, 0.25) is 0 Å². The maximum atomic E-state index is 13.4. The molecule has 1 aromatic carbocycles. The maximum absolute atomic E-state index is 13.4. The van der Waals surface area contributed by atoms with Crippen LogP contribution >= 0.6 is 0 Å². The second-order valence-corrected chi connectivity index (χ2v) is 7.08. The smallest absolute Gasteiger partial charge is 0.263 e. The fourth-order valence-corrected chi connectivity index (χ4v) is 3.70. The Morgan fingerprint density at radius 2 is 2.18 bits per heavy atom. The fourth-order valence-electron chi connectivity index (χ4n) is 3.70. The quantitative estimate of drug-likeness (QED) is 0.728. The van der Waals surface area contributed by atoms with E-state index in [1.807, 2.05) is 24.3 Å². The van der Waals surface area contributed by atoms with E-state index in [0.717, 1.165) is 30.5 Å². The SMILES string of the molecule is N#Cc1ccccc1Cn1c(N2CCCC(N)C2)ncc(-c2cc[nH]c2)c1=O. The first kappa shape index (κ1) is 18.0. The van der Waals surface area contributed by atoms with Crippen molar-refractivity contribution in [3.8, 4) is 17.2 Å². The molecule has 28 heavy (non-hydrogen) atoms. The van der Waals surface area contributed by atoms with Crippen LogP contribution in [-0.4, -0.2) is 33.7 Å². The number of aromatic nitrogens is 3. The molecule has 2 aromatic heterocycles. The van der Waals surface area contributed by atoms with Crippen molar-refractivity contribution < 1.29 is 0 Å². The highest BCUT2D eigenvalue weighted by Crippen LogP contribution is 2.21. The summed E-state index contributed by atoms with van der Waals surface area (Å²) in [4.78, 5) is 23.1. The number of nitrogens with one attached hydrogen (secondary N) is 1. The molecular formula is C21H22N6O. The number of hydrogen-bond acceptors (Lipinski definition) is 5. The van der Waals surface area contributed by atoms with Crippen LogP contribution in [0.4, 0.5) is 5.95 Å². The van der Waals surface area contributed by atoms with Crippen molar-refractivity contribution in [2.45, 2.75) is 25.4 Å². The highest BCUT2D eigenvalue weighted by atomic mass is 16.1. The number of nitrogens with zero attached hydrogens (tertiary/aromatic N) is 4. The van der Waals surface area contributed by atoms with Crippen LogP contribution in [0.1, 0.15) is 24.0 Å². The zero-order valence-corrected chi connectivity index (χ0v) is 15.5. The van der Waals surface area contributed by atoms with Gasteiger partial charge in [0.1, 0.15) is 0 Å². The molecule has 0 bridgehead atoms. The van der Waals surface area contributed by atoms with E-state index in [-0.39, 0.29) is 18.1 Å². The molecule has 3 heterocycles. The second kappa shape index (κ2) is 7.71. The molecule has 0 amide bonds.